The van der Waals surface area contributed by atoms with Gasteiger partial charge in [-0.15, -0.1) is 0 Å². The molecule has 0 unspecified atom stereocenters. The van der Waals surface area contributed by atoms with Gasteiger partial charge in [-0.3, -0.25) is 0 Å². The van der Waals surface area contributed by atoms with Gasteiger partial charge >= 0.3 is 6.01 Å². The van der Waals surface area contributed by atoms with Crippen molar-refractivity contribution >= 4 is 11.7 Å². The lowest BCUT2D eigenvalue weighted by Crippen LogP contribution is -1.90. The highest BCUT2D eigenvalue weighted by Gasteiger charge is 2.08. The second-order valence-electron chi connectivity index (χ2n) is 4.78. The van der Waals surface area contributed by atoms with Gasteiger partial charge in [-0.1, -0.05) is 52.7 Å². The molecule has 0 fully saturated rings. The van der Waals surface area contributed by atoms with E-state index in [9.17, 15) is 0 Å². The minimum absolute atomic E-state index is 0.393. The molecule has 0 amide bonds. The Hall–Kier alpha value is -2.62. The quantitative estimate of drug-likeness (QED) is 0.774. The zero-order valence-electron chi connectivity index (χ0n) is 11.4. The molecule has 2 aromatic carbocycles. The van der Waals surface area contributed by atoms with E-state index in [0.29, 0.717) is 11.8 Å². The summed E-state index contributed by atoms with van der Waals surface area (Å²) in [5.41, 5.74) is 4.28. The number of rotatable bonds is 3. The molecule has 0 saturated heterocycles. The van der Waals surface area contributed by atoms with E-state index in [0.717, 1.165) is 11.3 Å². The first-order valence-corrected chi connectivity index (χ1v) is 6.45. The third-order valence-corrected chi connectivity index (χ3v) is 3.04. The Labute approximate surface area is 117 Å². The Kier molecular flexibility index (Phi) is 3.21. The molecule has 1 heterocycles. The number of nitrogens with zero attached hydrogens (tertiary/aromatic N) is 2. The van der Waals surface area contributed by atoms with Crippen molar-refractivity contribution in [1.29, 1.82) is 0 Å². The Morgan fingerprint density at radius 3 is 2.10 bits per heavy atom. The molecule has 0 radical (unpaired) electrons. The average Bonchev–Trinajstić information content (AvgIpc) is 2.91. The van der Waals surface area contributed by atoms with Crippen molar-refractivity contribution in [2.24, 2.45) is 0 Å². The Bertz CT molecular complexity index is 699. The highest BCUT2D eigenvalue weighted by molar-refractivity contribution is 5.58. The predicted molar refractivity (Wildman–Crippen MR) is 78.9 cm³/mol. The standard InChI is InChI=1S/C16H15N3O/c1-11-3-7-13(8-4-11)15-18-16(20-19-15)17-14-9-5-12(2)6-10-14/h3-10H,1-2H3,(H,17,18,19). The van der Waals surface area contributed by atoms with Gasteiger partial charge in [0.2, 0.25) is 5.82 Å². The van der Waals surface area contributed by atoms with Crippen molar-refractivity contribution in [3.63, 3.8) is 0 Å². The van der Waals surface area contributed by atoms with Crippen LogP contribution in [0.1, 0.15) is 11.1 Å². The van der Waals surface area contributed by atoms with Gasteiger partial charge in [-0.05, 0) is 26.0 Å². The number of aromatic nitrogens is 2. The highest BCUT2D eigenvalue weighted by Crippen LogP contribution is 2.20. The van der Waals surface area contributed by atoms with Gasteiger partial charge in [-0.25, -0.2) is 0 Å². The molecular weight excluding hydrogens is 250 g/mol. The maximum absolute atomic E-state index is 5.21. The normalized spacial score (nSPS) is 10.5. The number of nitrogens with one attached hydrogen (secondary N) is 1. The summed E-state index contributed by atoms with van der Waals surface area (Å²) in [5.74, 6) is 0.583. The van der Waals surface area contributed by atoms with Gasteiger partial charge in [-0.2, -0.15) is 4.98 Å². The molecule has 0 bridgehead atoms. The zero-order chi connectivity index (χ0) is 13.9. The Balaban J connectivity index is 1.80. The van der Waals surface area contributed by atoms with Gasteiger partial charge in [0.1, 0.15) is 0 Å². The molecule has 3 rings (SSSR count). The van der Waals surface area contributed by atoms with Crippen molar-refractivity contribution < 1.29 is 4.52 Å². The van der Waals surface area contributed by atoms with Gasteiger partial charge in [0.15, 0.2) is 0 Å². The summed E-state index contributed by atoms with van der Waals surface area (Å²) in [5, 5.41) is 7.07. The lowest BCUT2D eigenvalue weighted by molar-refractivity contribution is 0.435. The zero-order valence-corrected chi connectivity index (χ0v) is 11.4. The molecule has 1 N–H and O–H groups in total. The molecular formula is C16H15N3O. The van der Waals surface area contributed by atoms with Crippen LogP contribution < -0.4 is 5.32 Å². The summed E-state index contributed by atoms with van der Waals surface area (Å²) in [4.78, 5) is 4.34. The fourth-order valence-corrected chi connectivity index (χ4v) is 1.85. The number of anilines is 2. The van der Waals surface area contributed by atoms with Crippen LogP contribution >= 0.6 is 0 Å². The minimum Gasteiger partial charge on any atom is -0.315 e. The van der Waals surface area contributed by atoms with Crippen LogP contribution in [0, 0.1) is 13.8 Å². The monoisotopic (exact) mass is 265 g/mol. The number of benzene rings is 2. The molecule has 3 aromatic rings. The van der Waals surface area contributed by atoms with Gasteiger partial charge in [0.05, 0.1) is 0 Å². The van der Waals surface area contributed by atoms with Gasteiger partial charge in [0, 0.05) is 11.3 Å². The topological polar surface area (TPSA) is 51.0 Å². The van der Waals surface area contributed by atoms with Crippen LogP contribution in [0.3, 0.4) is 0 Å². The number of hydrogen-bond acceptors (Lipinski definition) is 4. The van der Waals surface area contributed by atoms with Crippen molar-refractivity contribution in [1.82, 2.24) is 10.1 Å². The van der Waals surface area contributed by atoms with E-state index in [1.54, 1.807) is 0 Å². The Morgan fingerprint density at radius 1 is 0.850 bits per heavy atom. The van der Waals surface area contributed by atoms with Crippen LogP contribution in [0.4, 0.5) is 11.7 Å². The molecule has 0 aliphatic carbocycles. The Morgan fingerprint density at radius 2 is 1.45 bits per heavy atom. The molecule has 4 heteroatoms. The summed E-state index contributed by atoms with van der Waals surface area (Å²) in [6, 6.07) is 16.4. The minimum atomic E-state index is 0.393. The smallest absolute Gasteiger partial charge is 0.315 e. The second-order valence-corrected chi connectivity index (χ2v) is 4.78. The molecule has 0 aliphatic rings. The molecule has 1 aromatic heterocycles. The fourth-order valence-electron chi connectivity index (χ4n) is 1.85. The van der Waals surface area contributed by atoms with Gasteiger partial charge in [0.25, 0.3) is 0 Å². The van der Waals surface area contributed by atoms with Crippen molar-refractivity contribution in [3.05, 3.63) is 59.7 Å². The van der Waals surface area contributed by atoms with E-state index in [1.165, 1.54) is 11.1 Å². The van der Waals surface area contributed by atoms with Crippen LogP contribution in [0.15, 0.2) is 53.1 Å². The molecule has 0 aliphatic heterocycles. The number of aryl methyl sites for hydroxylation is 2. The van der Waals surface area contributed by atoms with E-state index in [-0.39, 0.29) is 0 Å². The lowest BCUT2D eigenvalue weighted by atomic mass is 10.1. The van der Waals surface area contributed by atoms with Crippen LogP contribution in [-0.4, -0.2) is 10.1 Å². The second kappa shape index (κ2) is 5.17. The van der Waals surface area contributed by atoms with E-state index in [2.05, 4.69) is 15.5 Å². The summed E-state index contributed by atoms with van der Waals surface area (Å²) in [6.45, 7) is 4.09. The van der Waals surface area contributed by atoms with Crippen LogP contribution in [0.25, 0.3) is 11.4 Å². The van der Waals surface area contributed by atoms with Crippen LogP contribution in [0.5, 0.6) is 0 Å². The third-order valence-electron chi connectivity index (χ3n) is 3.04. The largest absolute Gasteiger partial charge is 0.326 e. The van der Waals surface area contributed by atoms with Crippen molar-refractivity contribution in [2.45, 2.75) is 13.8 Å². The first-order valence-electron chi connectivity index (χ1n) is 6.45. The van der Waals surface area contributed by atoms with E-state index < -0.39 is 0 Å². The molecule has 0 spiro atoms. The maximum Gasteiger partial charge on any atom is 0.326 e. The molecule has 0 saturated carbocycles. The maximum atomic E-state index is 5.21. The summed E-state index contributed by atoms with van der Waals surface area (Å²) < 4.78 is 5.21. The predicted octanol–water partition coefficient (Wildman–Crippen LogP) is 4.10. The van der Waals surface area contributed by atoms with Crippen molar-refractivity contribution in [2.75, 3.05) is 5.32 Å². The summed E-state index contributed by atoms with van der Waals surface area (Å²) in [7, 11) is 0. The lowest BCUT2D eigenvalue weighted by Gasteiger charge is -2.00. The first kappa shape index (κ1) is 12.4. The van der Waals surface area contributed by atoms with E-state index in [1.807, 2.05) is 62.4 Å². The molecule has 0 atom stereocenters. The van der Waals surface area contributed by atoms with Gasteiger partial charge < -0.3 is 9.84 Å². The third kappa shape index (κ3) is 2.69. The molecule has 20 heavy (non-hydrogen) atoms. The molecule has 4 nitrogen and oxygen atoms in total. The highest BCUT2D eigenvalue weighted by atomic mass is 16.5. The fraction of sp³-hybridized carbons (Fsp3) is 0.125. The summed E-state index contributed by atoms with van der Waals surface area (Å²) in [6.07, 6.45) is 0. The van der Waals surface area contributed by atoms with E-state index >= 15 is 0 Å². The summed E-state index contributed by atoms with van der Waals surface area (Å²) >= 11 is 0. The average molecular weight is 265 g/mol. The van der Waals surface area contributed by atoms with Crippen LogP contribution in [0.2, 0.25) is 0 Å². The van der Waals surface area contributed by atoms with E-state index in [4.69, 9.17) is 4.52 Å². The SMILES string of the molecule is Cc1ccc(Nc2nc(-c3ccc(C)cc3)no2)cc1. The van der Waals surface area contributed by atoms with Crippen molar-refractivity contribution in [3.8, 4) is 11.4 Å². The molecule has 100 valence electrons. The van der Waals surface area contributed by atoms with Crippen LogP contribution in [-0.2, 0) is 0 Å². The first-order chi connectivity index (χ1) is 9.70. The number of hydrogen-bond donors (Lipinski definition) is 1.